The van der Waals surface area contributed by atoms with Gasteiger partial charge in [0.2, 0.25) is 0 Å². The number of aryl methyl sites for hydroxylation is 1. The number of benzene rings is 1. The molecule has 1 aromatic heterocycles. The van der Waals surface area contributed by atoms with Crippen LogP contribution in [0.5, 0.6) is 0 Å². The molecular formula is C16H23NO. The molecule has 2 heteroatoms. The molecule has 0 radical (unpaired) electrons. The predicted octanol–water partition coefficient (Wildman–Crippen LogP) is 4.36. The van der Waals surface area contributed by atoms with Crippen molar-refractivity contribution < 1.29 is 4.42 Å². The fourth-order valence-electron chi connectivity index (χ4n) is 2.40. The lowest BCUT2D eigenvalue weighted by Crippen LogP contribution is -2.13. The first-order valence-corrected chi connectivity index (χ1v) is 6.85. The number of nitrogens with one attached hydrogen (secondary N) is 1. The molecule has 2 rings (SSSR count). The Balaban J connectivity index is 2.41. The molecule has 0 fully saturated rings. The normalized spacial score (nSPS) is 11.6. The zero-order valence-corrected chi connectivity index (χ0v) is 11.8. The van der Waals surface area contributed by atoms with Gasteiger partial charge in [0.05, 0.1) is 6.26 Å². The molecule has 0 saturated carbocycles. The molecule has 1 aromatic carbocycles. The maximum Gasteiger partial charge on any atom is 0.137 e. The first kappa shape index (κ1) is 13.2. The smallest absolute Gasteiger partial charge is 0.137 e. The van der Waals surface area contributed by atoms with Crippen LogP contribution in [0, 0.1) is 6.92 Å². The van der Waals surface area contributed by atoms with Crippen molar-refractivity contribution in [2.24, 2.45) is 0 Å². The second-order valence-corrected chi connectivity index (χ2v) is 5.27. The third-order valence-electron chi connectivity index (χ3n) is 3.40. The highest BCUT2D eigenvalue weighted by Crippen LogP contribution is 2.31. The van der Waals surface area contributed by atoms with Gasteiger partial charge in [-0.1, -0.05) is 32.9 Å². The third kappa shape index (κ3) is 2.44. The van der Waals surface area contributed by atoms with Gasteiger partial charge >= 0.3 is 0 Å². The molecule has 0 saturated heterocycles. The summed E-state index contributed by atoms with van der Waals surface area (Å²) in [6, 6.07) is 4.39. The van der Waals surface area contributed by atoms with Crippen LogP contribution in [0.1, 0.15) is 49.8 Å². The Morgan fingerprint density at radius 3 is 2.72 bits per heavy atom. The van der Waals surface area contributed by atoms with Gasteiger partial charge in [0.1, 0.15) is 5.58 Å². The lowest BCUT2D eigenvalue weighted by Gasteiger charge is -2.08. The Kier molecular flexibility index (Phi) is 4.07. The van der Waals surface area contributed by atoms with E-state index in [9.17, 15) is 0 Å². The molecule has 18 heavy (non-hydrogen) atoms. The van der Waals surface area contributed by atoms with E-state index in [-0.39, 0.29) is 0 Å². The SMILES string of the molecule is CCCNCc1coc2c(C(C)C)ccc(C)c12. The van der Waals surface area contributed by atoms with E-state index in [1.165, 1.54) is 22.1 Å². The van der Waals surface area contributed by atoms with Crippen LogP contribution in [0.3, 0.4) is 0 Å². The zero-order chi connectivity index (χ0) is 13.1. The summed E-state index contributed by atoms with van der Waals surface area (Å²) < 4.78 is 5.81. The molecule has 0 bridgehead atoms. The van der Waals surface area contributed by atoms with Crippen LogP contribution in [-0.2, 0) is 6.54 Å². The van der Waals surface area contributed by atoms with Gasteiger partial charge in [-0.15, -0.1) is 0 Å². The van der Waals surface area contributed by atoms with Gasteiger partial charge in [0, 0.05) is 17.5 Å². The van der Waals surface area contributed by atoms with Crippen molar-refractivity contribution in [1.82, 2.24) is 5.32 Å². The van der Waals surface area contributed by atoms with Gasteiger partial charge in [-0.05, 0) is 36.9 Å². The summed E-state index contributed by atoms with van der Waals surface area (Å²) in [4.78, 5) is 0. The Hall–Kier alpha value is -1.28. The van der Waals surface area contributed by atoms with Gasteiger partial charge < -0.3 is 9.73 Å². The molecule has 0 aliphatic heterocycles. The lowest BCUT2D eigenvalue weighted by molar-refractivity contribution is 0.594. The van der Waals surface area contributed by atoms with Crippen LogP contribution in [0.2, 0.25) is 0 Å². The Labute approximate surface area is 109 Å². The maximum atomic E-state index is 5.81. The van der Waals surface area contributed by atoms with Crippen molar-refractivity contribution in [2.75, 3.05) is 6.54 Å². The number of fused-ring (bicyclic) bond motifs is 1. The quantitative estimate of drug-likeness (QED) is 0.791. The molecule has 0 spiro atoms. The molecule has 98 valence electrons. The molecular weight excluding hydrogens is 222 g/mol. The van der Waals surface area contributed by atoms with Crippen molar-refractivity contribution >= 4 is 11.0 Å². The molecule has 2 nitrogen and oxygen atoms in total. The monoisotopic (exact) mass is 245 g/mol. The molecule has 2 aromatic rings. The zero-order valence-electron chi connectivity index (χ0n) is 11.8. The van der Waals surface area contributed by atoms with Crippen LogP contribution in [0.15, 0.2) is 22.8 Å². The molecule has 0 aliphatic carbocycles. The fourth-order valence-corrected chi connectivity index (χ4v) is 2.40. The van der Waals surface area contributed by atoms with Crippen LogP contribution >= 0.6 is 0 Å². The van der Waals surface area contributed by atoms with Crippen LogP contribution in [-0.4, -0.2) is 6.54 Å². The van der Waals surface area contributed by atoms with Crippen LogP contribution in [0.4, 0.5) is 0 Å². The van der Waals surface area contributed by atoms with Gasteiger partial charge in [-0.3, -0.25) is 0 Å². The van der Waals surface area contributed by atoms with E-state index in [2.05, 4.69) is 45.1 Å². The third-order valence-corrected chi connectivity index (χ3v) is 3.40. The highest BCUT2D eigenvalue weighted by atomic mass is 16.3. The van der Waals surface area contributed by atoms with E-state index in [4.69, 9.17) is 4.42 Å². The van der Waals surface area contributed by atoms with E-state index in [1.807, 2.05) is 6.26 Å². The second-order valence-electron chi connectivity index (χ2n) is 5.27. The van der Waals surface area contributed by atoms with E-state index < -0.39 is 0 Å². The number of hydrogen-bond donors (Lipinski definition) is 1. The van der Waals surface area contributed by atoms with Crippen LogP contribution in [0.25, 0.3) is 11.0 Å². The first-order chi connectivity index (χ1) is 8.65. The summed E-state index contributed by atoms with van der Waals surface area (Å²) in [6.07, 6.45) is 3.07. The standard InChI is InChI=1S/C16H23NO/c1-5-8-17-9-13-10-18-16-14(11(2)3)7-6-12(4)15(13)16/h6-7,10-11,17H,5,8-9H2,1-4H3. The van der Waals surface area contributed by atoms with Gasteiger partial charge in [-0.25, -0.2) is 0 Å². The van der Waals surface area contributed by atoms with Crippen molar-refractivity contribution in [2.45, 2.75) is 46.6 Å². The Bertz CT molecular complexity index is 525. The molecule has 0 aliphatic rings. The summed E-state index contributed by atoms with van der Waals surface area (Å²) in [6.45, 7) is 10.7. The topological polar surface area (TPSA) is 25.2 Å². The molecule has 1 heterocycles. The van der Waals surface area contributed by atoms with E-state index in [1.54, 1.807) is 0 Å². The van der Waals surface area contributed by atoms with Crippen LogP contribution < -0.4 is 5.32 Å². The number of rotatable bonds is 5. The van der Waals surface area contributed by atoms with E-state index in [0.29, 0.717) is 5.92 Å². The average molecular weight is 245 g/mol. The van der Waals surface area contributed by atoms with Crippen molar-refractivity contribution in [1.29, 1.82) is 0 Å². The fraction of sp³-hybridized carbons (Fsp3) is 0.500. The molecule has 0 unspecified atom stereocenters. The summed E-state index contributed by atoms with van der Waals surface area (Å²) in [7, 11) is 0. The summed E-state index contributed by atoms with van der Waals surface area (Å²) >= 11 is 0. The number of furan rings is 1. The lowest BCUT2D eigenvalue weighted by atomic mass is 9.97. The molecule has 0 amide bonds. The van der Waals surface area contributed by atoms with Crippen molar-refractivity contribution in [3.63, 3.8) is 0 Å². The second kappa shape index (κ2) is 5.57. The van der Waals surface area contributed by atoms with E-state index >= 15 is 0 Å². The van der Waals surface area contributed by atoms with Crippen molar-refractivity contribution in [3.8, 4) is 0 Å². The largest absolute Gasteiger partial charge is 0.464 e. The van der Waals surface area contributed by atoms with Gasteiger partial charge in [0.25, 0.3) is 0 Å². The van der Waals surface area contributed by atoms with Gasteiger partial charge in [-0.2, -0.15) is 0 Å². The summed E-state index contributed by atoms with van der Waals surface area (Å²) in [5, 5.41) is 4.74. The van der Waals surface area contributed by atoms with E-state index in [0.717, 1.165) is 25.1 Å². The molecule has 1 N–H and O–H groups in total. The van der Waals surface area contributed by atoms with Gasteiger partial charge in [0.15, 0.2) is 0 Å². The number of hydrogen-bond acceptors (Lipinski definition) is 2. The highest BCUT2D eigenvalue weighted by molar-refractivity contribution is 5.87. The Morgan fingerprint density at radius 1 is 1.28 bits per heavy atom. The maximum absolute atomic E-state index is 5.81. The minimum Gasteiger partial charge on any atom is -0.464 e. The minimum absolute atomic E-state index is 0.496. The minimum atomic E-state index is 0.496. The Morgan fingerprint density at radius 2 is 2.06 bits per heavy atom. The average Bonchev–Trinajstić information content (AvgIpc) is 2.74. The summed E-state index contributed by atoms with van der Waals surface area (Å²) in [5.74, 6) is 0.496. The predicted molar refractivity (Wildman–Crippen MR) is 77.0 cm³/mol. The molecule has 0 atom stereocenters. The summed E-state index contributed by atoms with van der Waals surface area (Å²) in [5.41, 5.74) is 4.95. The first-order valence-electron chi connectivity index (χ1n) is 6.85. The van der Waals surface area contributed by atoms with Crippen molar-refractivity contribution in [3.05, 3.63) is 35.1 Å². The highest BCUT2D eigenvalue weighted by Gasteiger charge is 2.13.